The van der Waals surface area contributed by atoms with Crippen LogP contribution in [0.15, 0.2) is 22.7 Å². The second kappa shape index (κ2) is 5.15. The van der Waals surface area contributed by atoms with Crippen LogP contribution in [0.1, 0.15) is 30.1 Å². The van der Waals surface area contributed by atoms with Gasteiger partial charge in [0.1, 0.15) is 17.0 Å². The fraction of sp³-hybridized carbons (Fsp3) is 0.400. The van der Waals surface area contributed by atoms with Gasteiger partial charge in [-0.25, -0.2) is 8.78 Å². The summed E-state index contributed by atoms with van der Waals surface area (Å²) in [4.78, 5) is 17.9. The summed E-state index contributed by atoms with van der Waals surface area (Å²) >= 11 is 0. The molecule has 1 heterocycles. The molecule has 0 spiro atoms. The zero-order valence-electron chi connectivity index (χ0n) is 12.3. The van der Waals surface area contributed by atoms with Gasteiger partial charge in [0, 0.05) is 20.5 Å². The number of hydrogen-bond donors (Lipinski definition) is 0. The Bertz CT molecular complexity index is 723. The van der Waals surface area contributed by atoms with Gasteiger partial charge < -0.3 is 9.42 Å². The van der Waals surface area contributed by atoms with Gasteiger partial charge in [0.05, 0.1) is 0 Å². The lowest BCUT2D eigenvalue weighted by Gasteiger charge is -2.15. The van der Waals surface area contributed by atoms with E-state index in [0.29, 0.717) is 12.8 Å². The molecule has 2 aromatic rings. The van der Waals surface area contributed by atoms with Crippen LogP contribution in [0, 0.1) is 11.6 Å². The molecule has 1 aromatic carbocycles. The summed E-state index contributed by atoms with van der Waals surface area (Å²) in [7, 11) is 3.34. The topological polar surface area (TPSA) is 59.2 Å². The standard InChI is InChI=1S/C15H15F2N3O2/c1-20(2)14(21)15(5-6-15)13-18-12(19-22-13)8-9-7-10(16)3-4-11(9)17/h3-4,7H,5-6,8H2,1-2H3. The maximum atomic E-state index is 13.6. The Kier molecular flexibility index (Phi) is 3.42. The first-order valence-corrected chi connectivity index (χ1v) is 6.91. The van der Waals surface area contributed by atoms with E-state index in [1.807, 2.05) is 0 Å². The molecule has 1 saturated carbocycles. The Labute approximate surface area is 125 Å². The molecule has 0 unspecified atom stereocenters. The SMILES string of the molecule is CN(C)C(=O)C1(c2nc(Cc3cc(F)ccc3F)no2)CC1. The van der Waals surface area contributed by atoms with Gasteiger partial charge in [0.2, 0.25) is 11.8 Å². The zero-order chi connectivity index (χ0) is 15.9. The van der Waals surface area contributed by atoms with Gasteiger partial charge in [-0.15, -0.1) is 0 Å². The zero-order valence-corrected chi connectivity index (χ0v) is 12.3. The number of aromatic nitrogens is 2. The molecule has 0 radical (unpaired) electrons. The maximum Gasteiger partial charge on any atom is 0.242 e. The van der Waals surface area contributed by atoms with Crippen LogP contribution < -0.4 is 0 Å². The second-order valence-electron chi connectivity index (χ2n) is 5.71. The molecule has 0 N–H and O–H groups in total. The van der Waals surface area contributed by atoms with Crippen molar-refractivity contribution >= 4 is 5.91 Å². The van der Waals surface area contributed by atoms with Crippen LogP contribution in [0.3, 0.4) is 0 Å². The van der Waals surface area contributed by atoms with Gasteiger partial charge in [0.15, 0.2) is 5.82 Å². The monoisotopic (exact) mass is 307 g/mol. The van der Waals surface area contributed by atoms with Crippen molar-refractivity contribution in [3.05, 3.63) is 47.1 Å². The number of amides is 1. The van der Waals surface area contributed by atoms with E-state index in [9.17, 15) is 13.6 Å². The Morgan fingerprint density at radius 2 is 2.09 bits per heavy atom. The number of carbonyl (C=O) groups excluding carboxylic acids is 1. The van der Waals surface area contributed by atoms with E-state index >= 15 is 0 Å². The van der Waals surface area contributed by atoms with Crippen molar-refractivity contribution in [3.8, 4) is 0 Å². The smallest absolute Gasteiger partial charge is 0.242 e. The normalized spacial score (nSPS) is 15.6. The summed E-state index contributed by atoms with van der Waals surface area (Å²) in [6.07, 6.45) is 1.32. The Balaban J connectivity index is 1.83. The van der Waals surface area contributed by atoms with Crippen molar-refractivity contribution in [2.45, 2.75) is 24.7 Å². The summed E-state index contributed by atoms with van der Waals surface area (Å²) in [5.74, 6) is -0.658. The lowest BCUT2D eigenvalue weighted by molar-refractivity contribution is -0.132. The maximum absolute atomic E-state index is 13.6. The molecule has 1 fully saturated rings. The summed E-state index contributed by atoms with van der Waals surface area (Å²) in [6, 6.07) is 3.21. The number of likely N-dealkylation sites (N-methyl/N-ethyl adjacent to an activating group) is 1. The fourth-order valence-corrected chi connectivity index (χ4v) is 2.44. The van der Waals surface area contributed by atoms with Crippen LogP contribution in [0.25, 0.3) is 0 Å². The van der Waals surface area contributed by atoms with Gasteiger partial charge in [-0.2, -0.15) is 4.98 Å². The number of halogens is 2. The molecule has 1 aliphatic rings. The van der Waals surface area contributed by atoms with Crippen LogP contribution in [-0.4, -0.2) is 35.0 Å². The molecular formula is C15H15F2N3O2. The van der Waals surface area contributed by atoms with Crippen molar-refractivity contribution in [3.63, 3.8) is 0 Å². The van der Waals surface area contributed by atoms with Gasteiger partial charge in [-0.1, -0.05) is 5.16 Å². The van der Waals surface area contributed by atoms with Crippen molar-refractivity contribution in [1.82, 2.24) is 15.0 Å². The third-order valence-electron chi connectivity index (χ3n) is 3.80. The highest BCUT2D eigenvalue weighted by Gasteiger charge is 2.56. The molecule has 0 atom stereocenters. The van der Waals surface area contributed by atoms with E-state index in [0.717, 1.165) is 18.2 Å². The van der Waals surface area contributed by atoms with Crippen molar-refractivity contribution in [1.29, 1.82) is 0 Å². The average Bonchev–Trinajstić information content (AvgIpc) is 3.15. The van der Waals surface area contributed by atoms with Gasteiger partial charge in [0.25, 0.3) is 0 Å². The minimum atomic E-state index is -0.741. The summed E-state index contributed by atoms with van der Waals surface area (Å²) in [5.41, 5.74) is -0.592. The molecule has 22 heavy (non-hydrogen) atoms. The first kappa shape index (κ1) is 14.6. The molecule has 1 amide bonds. The predicted octanol–water partition coefficient (Wildman–Crippen LogP) is 2.06. The molecule has 7 heteroatoms. The minimum absolute atomic E-state index is 0.0132. The number of rotatable bonds is 4. The summed E-state index contributed by atoms with van der Waals surface area (Å²) < 4.78 is 32.0. The van der Waals surface area contributed by atoms with Crippen LogP contribution >= 0.6 is 0 Å². The number of benzene rings is 1. The molecular weight excluding hydrogens is 292 g/mol. The summed E-state index contributed by atoms with van der Waals surface area (Å²) in [6.45, 7) is 0. The van der Waals surface area contributed by atoms with E-state index in [2.05, 4.69) is 10.1 Å². The minimum Gasteiger partial charge on any atom is -0.348 e. The largest absolute Gasteiger partial charge is 0.348 e. The highest BCUT2D eigenvalue weighted by atomic mass is 19.1. The van der Waals surface area contributed by atoms with Crippen LogP contribution in [0.5, 0.6) is 0 Å². The van der Waals surface area contributed by atoms with E-state index < -0.39 is 17.0 Å². The number of hydrogen-bond acceptors (Lipinski definition) is 4. The molecule has 116 valence electrons. The molecule has 1 aliphatic carbocycles. The second-order valence-corrected chi connectivity index (χ2v) is 5.71. The molecule has 0 saturated heterocycles. The number of carbonyl (C=O) groups is 1. The Hall–Kier alpha value is -2.31. The molecule has 0 bridgehead atoms. The quantitative estimate of drug-likeness (QED) is 0.867. The molecule has 1 aromatic heterocycles. The van der Waals surface area contributed by atoms with Gasteiger partial charge in [-0.3, -0.25) is 4.79 Å². The fourth-order valence-electron chi connectivity index (χ4n) is 2.44. The number of nitrogens with zero attached hydrogens (tertiary/aromatic N) is 3. The molecule has 5 nitrogen and oxygen atoms in total. The van der Waals surface area contributed by atoms with Crippen molar-refractivity contribution < 1.29 is 18.1 Å². The van der Waals surface area contributed by atoms with Crippen molar-refractivity contribution in [2.75, 3.05) is 14.1 Å². The highest BCUT2D eigenvalue weighted by Crippen LogP contribution is 2.48. The first-order chi connectivity index (χ1) is 10.4. The van der Waals surface area contributed by atoms with Gasteiger partial charge in [-0.05, 0) is 36.6 Å². The van der Waals surface area contributed by atoms with Crippen LogP contribution in [-0.2, 0) is 16.6 Å². The molecule has 3 rings (SSSR count). The van der Waals surface area contributed by atoms with Crippen LogP contribution in [0.2, 0.25) is 0 Å². The lowest BCUT2D eigenvalue weighted by Crippen LogP contribution is -2.33. The van der Waals surface area contributed by atoms with E-state index in [1.165, 1.54) is 4.90 Å². The predicted molar refractivity (Wildman–Crippen MR) is 73.1 cm³/mol. The highest BCUT2D eigenvalue weighted by molar-refractivity contribution is 5.89. The van der Waals surface area contributed by atoms with E-state index in [4.69, 9.17) is 4.52 Å². The Morgan fingerprint density at radius 3 is 2.73 bits per heavy atom. The summed E-state index contributed by atoms with van der Waals surface area (Å²) in [5, 5.41) is 3.78. The van der Waals surface area contributed by atoms with E-state index in [1.54, 1.807) is 14.1 Å². The molecule has 0 aliphatic heterocycles. The third kappa shape index (κ3) is 2.47. The van der Waals surface area contributed by atoms with Crippen LogP contribution in [0.4, 0.5) is 8.78 Å². The van der Waals surface area contributed by atoms with Gasteiger partial charge >= 0.3 is 0 Å². The van der Waals surface area contributed by atoms with Crippen molar-refractivity contribution in [2.24, 2.45) is 0 Å². The lowest BCUT2D eigenvalue weighted by atomic mass is 10.1. The third-order valence-corrected chi connectivity index (χ3v) is 3.80. The first-order valence-electron chi connectivity index (χ1n) is 6.91. The van der Waals surface area contributed by atoms with E-state index in [-0.39, 0.29) is 29.6 Å². The average molecular weight is 307 g/mol. The Morgan fingerprint density at radius 1 is 1.36 bits per heavy atom.